The van der Waals surface area contributed by atoms with Gasteiger partial charge in [-0.3, -0.25) is 4.72 Å². The van der Waals surface area contributed by atoms with Crippen molar-refractivity contribution in [1.82, 2.24) is 0 Å². The van der Waals surface area contributed by atoms with Crippen LogP contribution in [0.5, 0.6) is 0 Å². The van der Waals surface area contributed by atoms with E-state index in [4.69, 9.17) is 0 Å². The fourth-order valence-corrected chi connectivity index (χ4v) is 2.52. The molecule has 1 aromatic carbocycles. The van der Waals surface area contributed by atoms with E-state index >= 15 is 0 Å². The predicted molar refractivity (Wildman–Crippen MR) is 61.6 cm³/mol. The van der Waals surface area contributed by atoms with Gasteiger partial charge in [-0.1, -0.05) is 6.07 Å². The molecule has 1 aromatic rings. The predicted octanol–water partition coefficient (Wildman–Crippen LogP) is 1.94. The lowest BCUT2D eigenvalue weighted by Gasteiger charge is -2.07. The van der Waals surface area contributed by atoms with Gasteiger partial charge in [-0.05, 0) is 49.4 Å². The van der Waals surface area contributed by atoms with Gasteiger partial charge in [0.05, 0.1) is 5.75 Å². The summed E-state index contributed by atoms with van der Waals surface area (Å²) in [5.74, 6) is 0.115. The maximum Gasteiger partial charge on any atom is 0.232 e. The summed E-state index contributed by atoms with van der Waals surface area (Å²) in [6.45, 7) is 1.63. The van der Waals surface area contributed by atoms with Crippen LogP contribution in [0.25, 0.3) is 0 Å². The first-order valence-corrected chi connectivity index (χ1v) is 6.88. The summed E-state index contributed by atoms with van der Waals surface area (Å²) in [5, 5.41) is 0. The minimum absolute atomic E-state index is 0.115. The topological polar surface area (TPSA) is 46.2 Å². The van der Waals surface area contributed by atoms with Gasteiger partial charge in [-0.25, -0.2) is 8.42 Å². The molecule has 0 saturated heterocycles. The smallest absolute Gasteiger partial charge is 0.232 e. The van der Waals surface area contributed by atoms with Gasteiger partial charge in [0.15, 0.2) is 0 Å². The summed E-state index contributed by atoms with van der Waals surface area (Å²) in [4.78, 5) is 0. The SMILES string of the molecule is CCS(=O)(=O)Nc1ccc2c(c1)CCC2. The molecule has 0 radical (unpaired) electrons. The van der Waals surface area contributed by atoms with Crippen LogP contribution in [-0.2, 0) is 22.9 Å². The van der Waals surface area contributed by atoms with Gasteiger partial charge in [-0.15, -0.1) is 0 Å². The summed E-state index contributed by atoms with van der Waals surface area (Å²) in [6, 6.07) is 5.82. The van der Waals surface area contributed by atoms with Crippen LogP contribution in [0.4, 0.5) is 5.69 Å². The monoisotopic (exact) mass is 225 g/mol. The third-order valence-corrected chi connectivity index (χ3v) is 4.06. The van der Waals surface area contributed by atoms with Crippen LogP contribution in [0.15, 0.2) is 18.2 Å². The Bertz CT molecular complexity index is 465. The first kappa shape index (κ1) is 10.5. The van der Waals surface area contributed by atoms with Crippen LogP contribution < -0.4 is 4.72 Å². The lowest BCUT2D eigenvalue weighted by atomic mass is 10.1. The lowest BCUT2D eigenvalue weighted by Crippen LogP contribution is -2.14. The zero-order chi connectivity index (χ0) is 10.9. The highest BCUT2D eigenvalue weighted by molar-refractivity contribution is 7.92. The highest BCUT2D eigenvalue weighted by Gasteiger charge is 2.12. The Morgan fingerprint density at radius 2 is 2.00 bits per heavy atom. The van der Waals surface area contributed by atoms with Crippen molar-refractivity contribution in [3.05, 3.63) is 29.3 Å². The van der Waals surface area contributed by atoms with Crippen molar-refractivity contribution < 1.29 is 8.42 Å². The van der Waals surface area contributed by atoms with Gasteiger partial charge in [0.2, 0.25) is 10.0 Å². The highest BCUT2D eigenvalue weighted by Crippen LogP contribution is 2.25. The van der Waals surface area contributed by atoms with E-state index in [0.29, 0.717) is 5.69 Å². The van der Waals surface area contributed by atoms with E-state index in [-0.39, 0.29) is 5.75 Å². The second-order valence-electron chi connectivity index (χ2n) is 3.84. The molecule has 0 amide bonds. The number of nitrogens with one attached hydrogen (secondary N) is 1. The Labute approximate surface area is 90.6 Å². The molecule has 0 saturated carbocycles. The molecule has 0 spiro atoms. The maximum absolute atomic E-state index is 11.4. The van der Waals surface area contributed by atoms with Crippen molar-refractivity contribution >= 4 is 15.7 Å². The van der Waals surface area contributed by atoms with Crippen molar-refractivity contribution in [2.24, 2.45) is 0 Å². The number of sulfonamides is 1. The molecule has 2 rings (SSSR count). The van der Waals surface area contributed by atoms with Gasteiger partial charge in [0.25, 0.3) is 0 Å². The van der Waals surface area contributed by atoms with Crippen molar-refractivity contribution in [1.29, 1.82) is 0 Å². The number of anilines is 1. The van der Waals surface area contributed by atoms with Crippen LogP contribution in [0.1, 0.15) is 24.5 Å². The van der Waals surface area contributed by atoms with E-state index in [1.807, 2.05) is 18.2 Å². The maximum atomic E-state index is 11.4. The van der Waals surface area contributed by atoms with Crippen LogP contribution in [0.3, 0.4) is 0 Å². The first-order valence-electron chi connectivity index (χ1n) is 5.23. The standard InChI is InChI=1S/C11H15NO2S/c1-2-15(13,14)12-11-7-6-9-4-3-5-10(9)8-11/h6-8,12H,2-5H2,1H3. The molecule has 0 unspecified atom stereocenters. The van der Waals surface area contributed by atoms with Gasteiger partial charge in [-0.2, -0.15) is 0 Å². The number of rotatable bonds is 3. The molecule has 0 heterocycles. The molecule has 0 fully saturated rings. The number of hydrogen-bond acceptors (Lipinski definition) is 2. The summed E-state index contributed by atoms with van der Waals surface area (Å²) in [7, 11) is -3.14. The average Bonchev–Trinajstić information content (AvgIpc) is 2.64. The first-order chi connectivity index (χ1) is 7.11. The van der Waals surface area contributed by atoms with Crippen LogP contribution in [-0.4, -0.2) is 14.2 Å². The number of fused-ring (bicyclic) bond motifs is 1. The molecule has 0 aliphatic heterocycles. The zero-order valence-corrected chi connectivity index (χ0v) is 9.60. The Morgan fingerprint density at radius 1 is 1.27 bits per heavy atom. The fraction of sp³-hybridized carbons (Fsp3) is 0.455. The third-order valence-electron chi connectivity index (χ3n) is 2.75. The molecule has 1 aliphatic rings. The molecule has 0 atom stereocenters. The lowest BCUT2D eigenvalue weighted by molar-refractivity contribution is 0.602. The summed E-state index contributed by atoms with van der Waals surface area (Å²) >= 11 is 0. The molecular formula is C11H15NO2S. The Kier molecular flexibility index (Phi) is 2.69. The molecule has 4 heteroatoms. The molecule has 0 aromatic heterocycles. The second-order valence-corrected chi connectivity index (χ2v) is 5.85. The van der Waals surface area contributed by atoms with E-state index in [2.05, 4.69) is 4.72 Å². The van der Waals surface area contributed by atoms with Gasteiger partial charge in [0.1, 0.15) is 0 Å². The average molecular weight is 225 g/mol. The number of aryl methyl sites for hydroxylation is 2. The summed E-state index contributed by atoms with van der Waals surface area (Å²) in [6.07, 6.45) is 3.37. The molecule has 3 nitrogen and oxygen atoms in total. The van der Waals surface area contributed by atoms with Crippen molar-refractivity contribution in [2.45, 2.75) is 26.2 Å². The van der Waals surface area contributed by atoms with E-state index < -0.39 is 10.0 Å². The zero-order valence-electron chi connectivity index (χ0n) is 8.79. The Morgan fingerprint density at radius 3 is 2.73 bits per heavy atom. The van der Waals surface area contributed by atoms with Gasteiger partial charge in [0, 0.05) is 5.69 Å². The summed E-state index contributed by atoms with van der Waals surface area (Å²) in [5.41, 5.74) is 3.33. The van der Waals surface area contributed by atoms with Crippen LogP contribution in [0, 0.1) is 0 Å². The Hall–Kier alpha value is -1.03. The highest BCUT2D eigenvalue weighted by atomic mass is 32.2. The van der Waals surface area contributed by atoms with Gasteiger partial charge >= 0.3 is 0 Å². The molecule has 1 aliphatic carbocycles. The summed E-state index contributed by atoms with van der Waals surface area (Å²) < 4.78 is 25.3. The molecular weight excluding hydrogens is 210 g/mol. The van der Waals surface area contributed by atoms with E-state index in [0.717, 1.165) is 12.8 Å². The van der Waals surface area contributed by atoms with Crippen molar-refractivity contribution in [3.8, 4) is 0 Å². The van der Waals surface area contributed by atoms with E-state index in [1.165, 1.54) is 17.5 Å². The van der Waals surface area contributed by atoms with Gasteiger partial charge < -0.3 is 0 Å². The largest absolute Gasteiger partial charge is 0.284 e. The third kappa shape index (κ3) is 2.31. The minimum atomic E-state index is -3.14. The molecule has 15 heavy (non-hydrogen) atoms. The van der Waals surface area contributed by atoms with Crippen molar-refractivity contribution in [3.63, 3.8) is 0 Å². The van der Waals surface area contributed by atoms with Crippen molar-refractivity contribution in [2.75, 3.05) is 10.5 Å². The normalized spacial score (nSPS) is 15.0. The quantitative estimate of drug-likeness (QED) is 0.854. The second kappa shape index (κ2) is 3.85. The number of hydrogen-bond donors (Lipinski definition) is 1. The molecule has 0 bridgehead atoms. The van der Waals surface area contributed by atoms with Crippen LogP contribution >= 0.6 is 0 Å². The van der Waals surface area contributed by atoms with E-state index in [1.54, 1.807) is 6.92 Å². The van der Waals surface area contributed by atoms with E-state index in [9.17, 15) is 8.42 Å². The number of benzene rings is 1. The Balaban J connectivity index is 2.24. The molecule has 1 N–H and O–H groups in total. The molecule has 82 valence electrons. The van der Waals surface area contributed by atoms with Crippen LogP contribution in [0.2, 0.25) is 0 Å². The minimum Gasteiger partial charge on any atom is -0.284 e. The fourth-order valence-electron chi connectivity index (χ4n) is 1.89.